The van der Waals surface area contributed by atoms with E-state index in [1.165, 1.54) is 38.2 Å². The molecule has 0 spiro atoms. The van der Waals surface area contributed by atoms with Crippen molar-refractivity contribution in [3.63, 3.8) is 0 Å². The van der Waals surface area contributed by atoms with E-state index in [9.17, 15) is 10.1 Å². The first-order valence-electron chi connectivity index (χ1n) is 6.65. The Bertz CT molecular complexity index is 395. The largest absolute Gasteiger partial charge is 0.433 e. The smallest absolute Gasteiger partial charge is 0.404 e. The molecule has 0 aromatic carbocycles. The summed E-state index contributed by atoms with van der Waals surface area (Å²) in [7, 11) is 0. The van der Waals surface area contributed by atoms with Crippen molar-refractivity contribution in [1.29, 1.82) is 0 Å². The maximum absolute atomic E-state index is 10.5. The molecule has 1 saturated carbocycles. The molecule has 0 amide bonds. The molecule has 0 aliphatic heterocycles. The molecule has 1 aromatic heterocycles. The van der Waals surface area contributed by atoms with E-state index in [0.29, 0.717) is 18.3 Å². The van der Waals surface area contributed by atoms with Gasteiger partial charge in [-0.3, -0.25) is 10.1 Å². The molecule has 1 aliphatic rings. The summed E-state index contributed by atoms with van der Waals surface area (Å²) in [4.78, 5) is 9.98. The van der Waals surface area contributed by atoms with Gasteiger partial charge in [-0.25, -0.2) is 0 Å². The van der Waals surface area contributed by atoms with Crippen LogP contribution in [0.25, 0.3) is 0 Å². The number of furan rings is 1. The summed E-state index contributed by atoms with van der Waals surface area (Å²) in [5.41, 5.74) is 0. The lowest BCUT2D eigenvalue weighted by molar-refractivity contribution is -0.402. The van der Waals surface area contributed by atoms with Gasteiger partial charge in [-0.2, -0.15) is 0 Å². The van der Waals surface area contributed by atoms with Crippen LogP contribution in [-0.2, 0) is 6.54 Å². The second-order valence-corrected chi connectivity index (χ2v) is 5.00. The van der Waals surface area contributed by atoms with Crippen molar-refractivity contribution in [2.45, 2.75) is 51.6 Å². The van der Waals surface area contributed by atoms with Crippen molar-refractivity contribution < 1.29 is 9.34 Å². The molecule has 18 heavy (non-hydrogen) atoms. The van der Waals surface area contributed by atoms with Gasteiger partial charge in [0.1, 0.15) is 10.7 Å². The van der Waals surface area contributed by atoms with E-state index >= 15 is 0 Å². The molecule has 0 atom stereocenters. The zero-order valence-corrected chi connectivity index (χ0v) is 10.7. The minimum absolute atomic E-state index is 0.179. The highest BCUT2D eigenvalue weighted by atomic mass is 16.6. The number of hydrogen-bond donors (Lipinski definition) is 1. The normalized spacial score (nSPS) is 24.1. The molecular formula is C13H20N2O3. The average Bonchev–Trinajstić information content (AvgIpc) is 2.86. The number of nitrogens with one attached hydrogen (secondary N) is 1. The number of hydrogen-bond acceptors (Lipinski definition) is 4. The van der Waals surface area contributed by atoms with Gasteiger partial charge >= 0.3 is 5.88 Å². The fourth-order valence-electron chi connectivity index (χ4n) is 2.58. The molecule has 1 fully saturated rings. The molecule has 100 valence electrons. The highest BCUT2D eigenvalue weighted by Gasteiger charge is 2.20. The van der Waals surface area contributed by atoms with Gasteiger partial charge in [0.2, 0.25) is 0 Å². The fraction of sp³-hybridized carbons (Fsp3) is 0.692. The molecule has 1 aliphatic carbocycles. The van der Waals surface area contributed by atoms with E-state index in [4.69, 9.17) is 4.42 Å². The molecular weight excluding hydrogens is 232 g/mol. The molecule has 1 N–H and O–H groups in total. The summed E-state index contributed by atoms with van der Waals surface area (Å²) < 4.78 is 5.12. The summed E-state index contributed by atoms with van der Waals surface area (Å²) in [6, 6.07) is 3.60. The summed E-state index contributed by atoms with van der Waals surface area (Å²) in [5.74, 6) is 1.34. The number of nitrogens with zero attached hydrogens (tertiary/aromatic N) is 1. The van der Waals surface area contributed by atoms with Crippen LogP contribution in [0.1, 0.15) is 44.8 Å². The molecule has 1 heterocycles. The van der Waals surface area contributed by atoms with Gasteiger partial charge in [-0.1, -0.05) is 13.3 Å². The van der Waals surface area contributed by atoms with Gasteiger partial charge in [0.05, 0.1) is 12.6 Å². The second-order valence-electron chi connectivity index (χ2n) is 5.00. The van der Waals surface area contributed by atoms with Crippen LogP contribution < -0.4 is 5.32 Å². The van der Waals surface area contributed by atoms with E-state index in [0.717, 1.165) is 5.92 Å². The van der Waals surface area contributed by atoms with Crippen LogP contribution in [0.3, 0.4) is 0 Å². The highest BCUT2D eigenvalue weighted by molar-refractivity contribution is 5.17. The zero-order chi connectivity index (χ0) is 13.0. The fourth-order valence-corrected chi connectivity index (χ4v) is 2.58. The van der Waals surface area contributed by atoms with Crippen molar-refractivity contribution in [3.8, 4) is 0 Å². The third-order valence-corrected chi connectivity index (χ3v) is 3.82. The van der Waals surface area contributed by atoms with Crippen molar-refractivity contribution in [1.82, 2.24) is 5.32 Å². The standard InChI is InChI=1S/C13H20N2O3/c1-2-10-3-5-11(6-4-10)14-9-12-7-8-13(18-12)15(16)17/h7-8,10-11,14H,2-6,9H2,1H3. The first-order chi connectivity index (χ1) is 8.69. The Balaban J connectivity index is 1.76. The van der Waals surface area contributed by atoms with Gasteiger partial charge in [-0.05, 0) is 37.7 Å². The minimum Gasteiger partial charge on any atom is -0.404 e. The monoisotopic (exact) mass is 252 g/mol. The van der Waals surface area contributed by atoms with Gasteiger partial charge < -0.3 is 9.73 Å². The summed E-state index contributed by atoms with van der Waals surface area (Å²) in [6.45, 7) is 2.83. The maximum Gasteiger partial charge on any atom is 0.433 e. The molecule has 0 unspecified atom stereocenters. The molecule has 1 aromatic rings. The van der Waals surface area contributed by atoms with Crippen LogP contribution in [-0.4, -0.2) is 11.0 Å². The maximum atomic E-state index is 10.5. The summed E-state index contributed by atoms with van der Waals surface area (Å²) in [5, 5.41) is 13.9. The van der Waals surface area contributed by atoms with Crippen LogP contribution in [0, 0.1) is 16.0 Å². The van der Waals surface area contributed by atoms with E-state index in [2.05, 4.69) is 12.2 Å². The Morgan fingerprint density at radius 1 is 1.39 bits per heavy atom. The predicted octanol–water partition coefficient (Wildman–Crippen LogP) is 3.25. The molecule has 0 radical (unpaired) electrons. The van der Waals surface area contributed by atoms with Crippen LogP contribution in [0.5, 0.6) is 0 Å². The minimum atomic E-state index is -0.504. The summed E-state index contributed by atoms with van der Waals surface area (Å²) in [6.07, 6.45) is 6.23. The molecule has 5 nitrogen and oxygen atoms in total. The van der Waals surface area contributed by atoms with Crippen molar-refractivity contribution >= 4 is 5.88 Å². The number of nitro groups is 1. The van der Waals surface area contributed by atoms with E-state index in [-0.39, 0.29) is 5.88 Å². The van der Waals surface area contributed by atoms with Crippen LogP contribution in [0.15, 0.2) is 16.5 Å². The lowest BCUT2D eigenvalue weighted by Crippen LogP contribution is -2.32. The second kappa shape index (κ2) is 6.00. The Kier molecular flexibility index (Phi) is 4.36. The van der Waals surface area contributed by atoms with Crippen LogP contribution in [0.2, 0.25) is 0 Å². The number of rotatable bonds is 5. The van der Waals surface area contributed by atoms with Crippen molar-refractivity contribution in [3.05, 3.63) is 28.0 Å². The SMILES string of the molecule is CCC1CCC(NCc2ccc([N+](=O)[O-])o2)CC1. The lowest BCUT2D eigenvalue weighted by Gasteiger charge is -2.28. The first-order valence-corrected chi connectivity index (χ1v) is 6.65. The molecule has 5 heteroatoms. The third-order valence-electron chi connectivity index (χ3n) is 3.82. The first kappa shape index (κ1) is 13.1. The molecule has 0 bridgehead atoms. The Hall–Kier alpha value is -1.36. The van der Waals surface area contributed by atoms with E-state index < -0.39 is 4.92 Å². The van der Waals surface area contributed by atoms with Gasteiger partial charge in [0.15, 0.2) is 0 Å². The van der Waals surface area contributed by atoms with Gasteiger partial charge in [-0.15, -0.1) is 0 Å². The summed E-state index contributed by atoms with van der Waals surface area (Å²) >= 11 is 0. The quantitative estimate of drug-likeness (QED) is 0.645. The van der Waals surface area contributed by atoms with Crippen LogP contribution in [0.4, 0.5) is 5.88 Å². The Morgan fingerprint density at radius 2 is 2.11 bits per heavy atom. The Labute approximate surface area is 107 Å². The van der Waals surface area contributed by atoms with Gasteiger partial charge in [0.25, 0.3) is 0 Å². The van der Waals surface area contributed by atoms with E-state index in [1.807, 2.05) is 0 Å². The van der Waals surface area contributed by atoms with E-state index in [1.54, 1.807) is 6.07 Å². The molecule has 2 rings (SSSR count). The van der Waals surface area contributed by atoms with Crippen LogP contribution >= 0.6 is 0 Å². The third kappa shape index (κ3) is 3.32. The molecule has 0 saturated heterocycles. The highest BCUT2D eigenvalue weighted by Crippen LogP contribution is 2.26. The Morgan fingerprint density at radius 3 is 2.67 bits per heavy atom. The topological polar surface area (TPSA) is 68.3 Å². The predicted molar refractivity (Wildman–Crippen MR) is 68.2 cm³/mol. The lowest BCUT2D eigenvalue weighted by atomic mass is 9.84. The van der Waals surface area contributed by atoms with Gasteiger partial charge in [0, 0.05) is 6.04 Å². The van der Waals surface area contributed by atoms with Crippen molar-refractivity contribution in [2.24, 2.45) is 5.92 Å². The average molecular weight is 252 g/mol. The van der Waals surface area contributed by atoms with Crippen molar-refractivity contribution in [2.75, 3.05) is 0 Å². The zero-order valence-electron chi connectivity index (χ0n) is 10.7.